The van der Waals surface area contributed by atoms with E-state index in [2.05, 4.69) is 12.6 Å². The summed E-state index contributed by atoms with van der Waals surface area (Å²) in [5.41, 5.74) is -1.17. The van der Waals surface area contributed by atoms with Crippen molar-refractivity contribution in [3.8, 4) is 0 Å². The van der Waals surface area contributed by atoms with Gasteiger partial charge in [0.25, 0.3) is 0 Å². The molecular formula is C13H17NO4S2. The molecule has 110 valence electrons. The Labute approximate surface area is 126 Å². The Balaban J connectivity index is 2.14. The number of thiol groups is 1. The number of hydrogen-bond donors (Lipinski definition) is 3. The molecule has 0 aromatic carbocycles. The molecular weight excluding hydrogens is 298 g/mol. The minimum Gasteiger partial charge on any atom is -0.480 e. The number of β-amino-alcohol motifs (C(OH)–C–C–N with tert-alkyl or cyclic N) is 1. The minimum atomic E-state index is -1.17. The van der Waals surface area contributed by atoms with Crippen LogP contribution in [0.5, 0.6) is 0 Å². The number of carboxylic acids is 1. The van der Waals surface area contributed by atoms with Gasteiger partial charge >= 0.3 is 5.97 Å². The molecule has 1 unspecified atom stereocenters. The zero-order valence-electron chi connectivity index (χ0n) is 10.9. The number of aliphatic carboxylic acids is 1. The normalized spacial score (nSPS) is 25.9. The van der Waals surface area contributed by atoms with E-state index in [0.717, 1.165) is 4.88 Å². The number of carbonyl (C=O) groups is 2. The molecule has 1 amide bonds. The highest BCUT2D eigenvalue weighted by molar-refractivity contribution is 7.80. The summed E-state index contributed by atoms with van der Waals surface area (Å²) in [5.74, 6) is -0.973. The van der Waals surface area contributed by atoms with E-state index in [1.165, 1.54) is 16.2 Å². The number of carbonyl (C=O) groups excluding carboxylic acids is 1. The Kier molecular flexibility index (Phi) is 4.72. The van der Waals surface area contributed by atoms with Gasteiger partial charge in [-0.15, -0.1) is 11.3 Å². The molecule has 0 radical (unpaired) electrons. The summed E-state index contributed by atoms with van der Waals surface area (Å²) in [6.45, 7) is 0.0640. The van der Waals surface area contributed by atoms with Gasteiger partial charge in [0.1, 0.15) is 6.04 Å². The highest BCUT2D eigenvalue weighted by Crippen LogP contribution is 2.32. The number of likely N-dealkylation sites (tertiary alicyclic amines) is 1. The lowest BCUT2D eigenvalue weighted by Gasteiger charge is -2.23. The van der Waals surface area contributed by atoms with Crippen LogP contribution in [0.3, 0.4) is 0 Å². The molecule has 20 heavy (non-hydrogen) atoms. The summed E-state index contributed by atoms with van der Waals surface area (Å²) in [5, 5.41) is 21.7. The lowest BCUT2D eigenvalue weighted by atomic mass is 9.95. The molecule has 2 heterocycles. The third-order valence-electron chi connectivity index (χ3n) is 3.43. The third-order valence-corrected chi connectivity index (χ3v) is 4.53. The van der Waals surface area contributed by atoms with Crippen molar-refractivity contribution in [3.63, 3.8) is 0 Å². The average Bonchev–Trinajstić information content (AvgIpc) is 2.97. The number of aliphatic hydroxyl groups is 1. The van der Waals surface area contributed by atoms with Gasteiger partial charge in [-0.1, -0.05) is 6.07 Å². The first-order valence-electron chi connectivity index (χ1n) is 6.33. The molecule has 1 fully saturated rings. The average molecular weight is 315 g/mol. The Morgan fingerprint density at radius 2 is 2.30 bits per heavy atom. The fraction of sp³-hybridized carbons (Fsp3) is 0.538. The van der Waals surface area contributed by atoms with Gasteiger partial charge in [-0.2, -0.15) is 12.6 Å². The quantitative estimate of drug-likeness (QED) is 0.709. The summed E-state index contributed by atoms with van der Waals surface area (Å²) in [4.78, 5) is 25.5. The van der Waals surface area contributed by atoms with Crippen LogP contribution in [-0.4, -0.2) is 50.9 Å². The van der Waals surface area contributed by atoms with Gasteiger partial charge < -0.3 is 15.1 Å². The number of amides is 1. The van der Waals surface area contributed by atoms with E-state index < -0.39 is 17.6 Å². The van der Waals surface area contributed by atoms with Crippen LogP contribution in [-0.2, 0) is 16.0 Å². The molecule has 2 rings (SSSR count). The van der Waals surface area contributed by atoms with Crippen molar-refractivity contribution in [1.29, 1.82) is 0 Å². The van der Waals surface area contributed by atoms with E-state index in [1.54, 1.807) is 0 Å². The molecule has 0 spiro atoms. The maximum atomic E-state index is 12.0. The molecule has 2 atom stereocenters. The maximum Gasteiger partial charge on any atom is 0.326 e. The molecule has 1 aromatic rings. The van der Waals surface area contributed by atoms with Crippen LogP contribution in [0.25, 0.3) is 0 Å². The number of rotatable bonds is 5. The van der Waals surface area contributed by atoms with Crippen molar-refractivity contribution in [2.75, 3.05) is 12.3 Å². The van der Waals surface area contributed by atoms with Gasteiger partial charge in [0.15, 0.2) is 0 Å². The topological polar surface area (TPSA) is 77.8 Å². The number of hydrogen-bond acceptors (Lipinski definition) is 5. The predicted octanol–water partition coefficient (Wildman–Crippen LogP) is 1.03. The minimum absolute atomic E-state index is 0.0640. The zero-order valence-corrected chi connectivity index (χ0v) is 12.6. The first kappa shape index (κ1) is 15.3. The molecule has 0 aliphatic carbocycles. The van der Waals surface area contributed by atoms with E-state index >= 15 is 0 Å². The van der Waals surface area contributed by atoms with E-state index in [0.29, 0.717) is 12.2 Å². The summed E-state index contributed by atoms with van der Waals surface area (Å²) in [6, 6.07) is 2.83. The van der Waals surface area contributed by atoms with Crippen LogP contribution in [0, 0.1) is 0 Å². The smallest absolute Gasteiger partial charge is 0.326 e. The first-order valence-corrected chi connectivity index (χ1v) is 7.84. The number of carboxylic acid groups (broad SMARTS) is 1. The number of nitrogens with zero attached hydrogens (tertiary/aromatic N) is 1. The van der Waals surface area contributed by atoms with E-state index in [1.807, 2.05) is 17.5 Å². The van der Waals surface area contributed by atoms with Gasteiger partial charge in [-0.3, -0.25) is 4.79 Å². The number of thiophene rings is 1. The largest absolute Gasteiger partial charge is 0.480 e. The van der Waals surface area contributed by atoms with Crippen LogP contribution in [0.2, 0.25) is 0 Å². The van der Waals surface area contributed by atoms with Crippen LogP contribution in [0.4, 0.5) is 0 Å². The molecule has 7 heteroatoms. The second kappa shape index (κ2) is 6.15. The fourth-order valence-electron chi connectivity index (χ4n) is 2.55. The molecule has 0 saturated carbocycles. The Morgan fingerprint density at radius 3 is 2.85 bits per heavy atom. The van der Waals surface area contributed by atoms with Crippen molar-refractivity contribution in [2.45, 2.75) is 30.9 Å². The van der Waals surface area contributed by atoms with Crippen LogP contribution in [0.1, 0.15) is 17.7 Å². The van der Waals surface area contributed by atoms with E-state index in [-0.39, 0.29) is 25.3 Å². The maximum absolute atomic E-state index is 12.0. The molecule has 2 N–H and O–H groups in total. The van der Waals surface area contributed by atoms with E-state index in [4.69, 9.17) is 0 Å². The van der Waals surface area contributed by atoms with Crippen molar-refractivity contribution in [1.82, 2.24) is 4.90 Å². The standard InChI is InChI=1S/C13H17NO4S2/c15-11(3-4-19)14-8-13(18,7-10(14)12(16)17)6-9-2-1-5-20-9/h1-2,5,10,18-19H,3-4,6-8H2,(H,16,17)/t10-,13?/m0/s1. The molecule has 1 aromatic heterocycles. The molecule has 1 aliphatic heterocycles. The van der Waals surface area contributed by atoms with Crippen LogP contribution in [0.15, 0.2) is 17.5 Å². The molecule has 1 saturated heterocycles. The van der Waals surface area contributed by atoms with Gasteiger partial charge in [-0.25, -0.2) is 4.79 Å². The van der Waals surface area contributed by atoms with Crippen molar-refractivity contribution >= 4 is 35.8 Å². The second-order valence-electron chi connectivity index (χ2n) is 5.03. The van der Waals surface area contributed by atoms with Crippen LogP contribution < -0.4 is 0 Å². The third kappa shape index (κ3) is 3.34. The summed E-state index contributed by atoms with van der Waals surface area (Å²) in [7, 11) is 0. The predicted molar refractivity (Wildman–Crippen MR) is 79.2 cm³/mol. The SMILES string of the molecule is O=C(O)[C@@H]1CC(O)(Cc2cccs2)CN1C(=O)CCS. The summed E-state index contributed by atoms with van der Waals surface area (Å²) >= 11 is 5.51. The Bertz CT molecular complexity index is 491. The highest BCUT2D eigenvalue weighted by atomic mass is 32.1. The highest BCUT2D eigenvalue weighted by Gasteiger charge is 2.47. The zero-order chi connectivity index (χ0) is 14.8. The Morgan fingerprint density at radius 1 is 1.55 bits per heavy atom. The van der Waals surface area contributed by atoms with Crippen molar-refractivity contribution in [3.05, 3.63) is 22.4 Å². The lowest BCUT2D eigenvalue weighted by Crippen LogP contribution is -2.41. The van der Waals surface area contributed by atoms with Gasteiger partial charge in [0.2, 0.25) is 5.91 Å². The van der Waals surface area contributed by atoms with Gasteiger partial charge in [0, 0.05) is 24.1 Å². The molecule has 0 bridgehead atoms. The molecule has 5 nitrogen and oxygen atoms in total. The Hall–Kier alpha value is -1.05. The second-order valence-corrected chi connectivity index (χ2v) is 6.51. The van der Waals surface area contributed by atoms with E-state index in [9.17, 15) is 19.8 Å². The monoisotopic (exact) mass is 315 g/mol. The van der Waals surface area contributed by atoms with Gasteiger partial charge in [-0.05, 0) is 17.2 Å². The first-order chi connectivity index (χ1) is 9.45. The van der Waals surface area contributed by atoms with Gasteiger partial charge in [0.05, 0.1) is 12.1 Å². The van der Waals surface area contributed by atoms with Crippen LogP contribution >= 0.6 is 24.0 Å². The van der Waals surface area contributed by atoms with Crippen molar-refractivity contribution in [2.24, 2.45) is 0 Å². The fourth-order valence-corrected chi connectivity index (χ4v) is 3.58. The summed E-state index contributed by atoms with van der Waals surface area (Å²) < 4.78 is 0. The lowest BCUT2D eigenvalue weighted by molar-refractivity contribution is -0.148. The van der Waals surface area contributed by atoms with Crippen molar-refractivity contribution < 1.29 is 19.8 Å². The molecule has 1 aliphatic rings. The summed E-state index contributed by atoms with van der Waals surface area (Å²) in [6.07, 6.45) is 0.625.